The SMILES string of the molecule is COc1cc(C(C)C)c(F)c2c1OCCC2. The number of fused-ring (bicyclic) bond motifs is 1. The number of ether oxygens (including phenoxy) is 2. The lowest BCUT2D eigenvalue weighted by Gasteiger charge is -2.22. The molecule has 0 unspecified atom stereocenters. The van der Waals surface area contributed by atoms with Gasteiger partial charge in [-0.1, -0.05) is 13.8 Å². The lowest BCUT2D eigenvalue weighted by atomic mass is 9.95. The van der Waals surface area contributed by atoms with Gasteiger partial charge in [-0.25, -0.2) is 4.39 Å². The van der Waals surface area contributed by atoms with E-state index in [0.29, 0.717) is 29.2 Å². The molecular formula is C13H17FO2. The molecule has 2 rings (SSSR count). The minimum Gasteiger partial charge on any atom is -0.493 e. The van der Waals surface area contributed by atoms with Crippen molar-refractivity contribution in [3.63, 3.8) is 0 Å². The van der Waals surface area contributed by atoms with Crippen LogP contribution in [0.25, 0.3) is 0 Å². The first-order valence-electron chi connectivity index (χ1n) is 5.67. The molecule has 0 radical (unpaired) electrons. The Labute approximate surface area is 95.4 Å². The van der Waals surface area contributed by atoms with Gasteiger partial charge >= 0.3 is 0 Å². The Morgan fingerprint density at radius 2 is 2.19 bits per heavy atom. The number of methoxy groups -OCH3 is 1. The van der Waals surface area contributed by atoms with Crippen molar-refractivity contribution in [2.45, 2.75) is 32.6 Å². The second-order valence-electron chi connectivity index (χ2n) is 4.40. The van der Waals surface area contributed by atoms with Gasteiger partial charge in [-0.05, 0) is 30.4 Å². The van der Waals surface area contributed by atoms with Crippen LogP contribution in [0.4, 0.5) is 4.39 Å². The second kappa shape index (κ2) is 4.32. The summed E-state index contributed by atoms with van der Waals surface area (Å²) in [6.45, 7) is 4.60. The van der Waals surface area contributed by atoms with Crippen LogP contribution in [0.2, 0.25) is 0 Å². The van der Waals surface area contributed by atoms with E-state index in [4.69, 9.17) is 9.47 Å². The lowest BCUT2D eigenvalue weighted by molar-refractivity contribution is 0.264. The zero-order valence-corrected chi connectivity index (χ0v) is 9.97. The first kappa shape index (κ1) is 11.2. The van der Waals surface area contributed by atoms with Crippen LogP contribution in [-0.4, -0.2) is 13.7 Å². The van der Waals surface area contributed by atoms with E-state index in [1.807, 2.05) is 13.8 Å². The van der Waals surface area contributed by atoms with Gasteiger partial charge < -0.3 is 9.47 Å². The fourth-order valence-electron chi connectivity index (χ4n) is 2.07. The maximum atomic E-state index is 14.2. The summed E-state index contributed by atoms with van der Waals surface area (Å²) in [7, 11) is 1.59. The molecular weight excluding hydrogens is 207 g/mol. The lowest BCUT2D eigenvalue weighted by Crippen LogP contribution is -2.13. The smallest absolute Gasteiger partial charge is 0.167 e. The fraction of sp³-hybridized carbons (Fsp3) is 0.538. The van der Waals surface area contributed by atoms with E-state index in [-0.39, 0.29) is 11.7 Å². The fourth-order valence-corrected chi connectivity index (χ4v) is 2.07. The van der Waals surface area contributed by atoms with Crippen LogP contribution in [0.3, 0.4) is 0 Å². The highest BCUT2D eigenvalue weighted by molar-refractivity contribution is 5.52. The van der Waals surface area contributed by atoms with Gasteiger partial charge in [0.05, 0.1) is 13.7 Å². The largest absolute Gasteiger partial charge is 0.493 e. The number of halogens is 1. The quantitative estimate of drug-likeness (QED) is 0.767. The van der Waals surface area contributed by atoms with E-state index in [9.17, 15) is 4.39 Å². The summed E-state index contributed by atoms with van der Waals surface area (Å²) in [5.41, 5.74) is 1.38. The first-order valence-corrected chi connectivity index (χ1v) is 5.67. The van der Waals surface area contributed by atoms with Gasteiger partial charge in [0.1, 0.15) is 5.82 Å². The molecule has 1 aromatic carbocycles. The van der Waals surface area contributed by atoms with Gasteiger partial charge in [-0.3, -0.25) is 0 Å². The molecule has 16 heavy (non-hydrogen) atoms. The highest BCUT2D eigenvalue weighted by Gasteiger charge is 2.23. The summed E-state index contributed by atoms with van der Waals surface area (Å²) < 4.78 is 24.9. The zero-order chi connectivity index (χ0) is 11.7. The summed E-state index contributed by atoms with van der Waals surface area (Å²) >= 11 is 0. The average molecular weight is 224 g/mol. The van der Waals surface area contributed by atoms with Crippen molar-refractivity contribution < 1.29 is 13.9 Å². The number of hydrogen-bond donors (Lipinski definition) is 0. The molecule has 0 atom stereocenters. The molecule has 0 aliphatic carbocycles. The molecule has 2 nitrogen and oxygen atoms in total. The van der Waals surface area contributed by atoms with Crippen LogP contribution >= 0.6 is 0 Å². The van der Waals surface area contributed by atoms with Gasteiger partial charge in [0.25, 0.3) is 0 Å². The Hall–Kier alpha value is -1.25. The van der Waals surface area contributed by atoms with Crippen LogP contribution in [-0.2, 0) is 6.42 Å². The van der Waals surface area contributed by atoms with E-state index < -0.39 is 0 Å². The highest BCUT2D eigenvalue weighted by Crippen LogP contribution is 2.40. The van der Waals surface area contributed by atoms with E-state index in [0.717, 1.165) is 12.8 Å². The Balaban J connectivity index is 2.60. The minimum absolute atomic E-state index is 0.120. The maximum Gasteiger partial charge on any atom is 0.167 e. The Bertz CT molecular complexity index is 399. The monoisotopic (exact) mass is 224 g/mol. The molecule has 0 spiro atoms. The van der Waals surface area contributed by atoms with Crippen LogP contribution in [0.15, 0.2) is 6.07 Å². The first-order chi connectivity index (χ1) is 7.65. The van der Waals surface area contributed by atoms with Crippen molar-refractivity contribution in [2.75, 3.05) is 13.7 Å². The van der Waals surface area contributed by atoms with E-state index >= 15 is 0 Å². The van der Waals surface area contributed by atoms with Gasteiger partial charge in [-0.2, -0.15) is 0 Å². The molecule has 0 N–H and O–H groups in total. The zero-order valence-electron chi connectivity index (χ0n) is 9.97. The Morgan fingerprint density at radius 3 is 2.81 bits per heavy atom. The van der Waals surface area contributed by atoms with Crippen molar-refractivity contribution in [2.24, 2.45) is 0 Å². The van der Waals surface area contributed by atoms with Gasteiger partial charge in [0.2, 0.25) is 0 Å². The molecule has 1 heterocycles. The third kappa shape index (κ3) is 1.75. The molecule has 0 saturated heterocycles. The van der Waals surface area contributed by atoms with E-state index in [1.54, 1.807) is 13.2 Å². The van der Waals surface area contributed by atoms with E-state index in [2.05, 4.69) is 0 Å². The molecule has 3 heteroatoms. The molecule has 1 aliphatic rings. The standard InChI is InChI=1S/C13H17FO2/c1-8(2)10-7-11(15-3)13-9(12(10)14)5-4-6-16-13/h7-8H,4-6H2,1-3H3. The normalized spacial score (nSPS) is 14.6. The van der Waals surface area contributed by atoms with Crippen LogP contribution in [0.5, 0.6) is 11.5 Å². The molecule has 0 bridgehead atoms. The number of rotatable bonds is 2. The maximum absolute atomic E-state index is 14.2. The summed E-state index contributed by atoms with van der Waals surface area (Å²) in [6, 6.07) is 1.75. The Kier molecular flexibility index (Phi) is 3.03. The van der Waals surface area contributed by atoms with Crippen molar-refractivity contribution in [1.82, 2.24) is 0 Å². The number of hydrogen-bond acceptors (Lipinski definition) is 2. The Morgan fingerprint density at radius 1 is 1.44 bits per heavy atom. The molecule has 0 amide bonds. The second-order valence-corrected chi connectivity index (χ2v) is 4.40. The van der Waals surface area contributed by atoms with E-state index in [1.165, 1.54) is 0 Å². The van der Waals surface area contributed by atoms with Crippen LogP contribution in [0.1, 0.15) is 37.3 Å². The van der Waals surface area contributed by atoms with Crippen LogP contribution < -0.4 is 9.47 Å². The summed E-state index contributed by atoms with van der Waals surface area (Å²) in [6.07, 6.45) is 1.60. The molecule has 0 fully saturated rings. The molecule has 1 aliphatic heterocycles. The minimum atomic E-state index is -0.120. The van der Waals surface area contributed by atoms with Gasteiger partial charge in [0, 0.05) is 5.56 Å². The third-order valence-corrected chi connectivity index (χ3v) is 2.96. The molecule has 0 saturated carbocycles. The predicted molar refractivity (Wildman–Crippen MR) is 60.9 cm³/mol. The average Bonchev–Trinajstić information content (AvgIpc) is 2.29. The molecule has 88 valence electrons. The predicted octanol–water partition coefficient (Wildman–Crippen LogP) is 3.28. The van der Waals surface area contributed by atoms with Gasteiger partial charge in [0.15, 0.2) is 11.5 Å². The number of benzene rings is 1. The van der Waals surface area contributed by atoms with Gasteiger partial charge in [-0.15, -0.1) is 0 Å². The third-order valence-electron chi connectivity index (χ3n) is 2.96. The molecule has 1 aromatic rings. The summed E-state index contributed by atoms with van der Waals surface area (Å²) in [4.78, 5) is 0. The van der Waals surface area contributed by atoms with Crippen LogP contribution in [0, 0.1) is 5.82 Å². The summed E-state index contributed by atoms with van der Waals surface area (Å²) in [5, 5.41) is 0. The van der Waals surface area contributed by atoms with Crippen molar-refractivity contribution in [3.8, 4) is 11.5 Å². The highest BCUT2D eigenvalue weighted by atomic mass is 19.1. The topological polar surface area (TPSA) is 18.5 Å². The summed E-state index contributed by atoms with van der Waals surface area (Å²) in [5.74, 6) is 1.28. The van der Waals surface area contributed by atoms with Crippen molar-refractivity contribution >= 4 is 0 Å². The van der Waals surface area contributed by atoms with Crippen molar-refractivity contribution in [1.29, 1.82) is 0 Å². The molecule has 0 aromatic heterocycles. The van der Waals surface area contributed by atoms with Crippen molar-refractivity contribution in [3.05, 3.63) is 23.0 Å².